The third-order valence-corrected chi connectivity index (χ3v) is 10.8. The highest BCUT2D eigenvalue weighted by molar-refractivity contribution is 7.89. The van der Waals surface area contributed by atoms with Gasteiger partial charge in [-0.25, -0.2) is 22.3 Å². The Hall–Kier alpha value is -3.71. The zero-order valence-electron chi connectivity index (χ0n) is 26.0. The number of hydrogen-bond acceptors (Lipinski definition) is 7. The van der Waals surface area contributed by atoms with Crippen molar-refractivity contribution in [2.45, 2.75) is 69.2 Å². The average Bonchev–Trinajstić information content (AvgIpc) is 3.40. The number of nitrogens with zero attached hydrogens (tertiary/aromatic N) is 5. The van der Waals surface area contributed by atoms with E-state index in [0.29, 0.717) is 38.1 Å². The van der Waals surface area contributed by atoms with Gasteiger partial charge in [0.05, 0.1) is 28.7 Å². The van der Waals surface area contributed by atoms with Crippen molar-refractivity contribution < 1.29 is 27.1 Å². The summed E-state index contributed by atoms with van der Waals surface area (Å²) < 4.78 is 51.6. The monoisotopic (exact) mass is 640 g/mol. The fraction of sp³-hybridized carbons (Fsp3) is 0.531. The number of halogens is 1. The van der Waals surface area contributed by atoms with E-state index in [0.717, 1.165) is 29.5 Å². The maximum absolute atomic E-state index is 14.2. The molecule has 3 fully saturated rings. The summed E-state index contributed by atoms with van der Waals surface area (Å²) in [6.45, 7) is 7.33. The van der Waals surface area contributed by atoms with Crippen molar-refractivity contribution >= 4 is 38.6 Å². The quantitative estimate of drug-likeness (QED) is 0.375. The minimum atomic E-state index is -3.86. The van der Waals surface area contributed by atoms with Gasteiger partial charge in [-0.1, -0.05) is 44.2 Å². The van der Waals surface area contributed by atoms with Crippen LogP contribution in [0.25, 0.3) is 10.9 Å². The second-order valence-corrected chi connectivity index (χ2v) is 14.7. The zero-order valence-corrected chi connectivity index (χ0v) is 26.8. The molecule has 3 aliphatic rings. The van der Waals surface area contributed by atoms with Crippen molar-refractivity contribution in [3.63, 3.8) is 0 Å². The number of alkyl halides is 1. The van der Waals surface area contributed by atoms with Crippen LogP contribution in [0.1, 0.15) is 51.6 Å². The van der Waals surface area contributed by atoms with Crippen LogP contribution in [-0.4, -0.2) is 91.0 Å². The first kappa shape index (κ1) is 31.3. The van der Waals surface area contributed by atoms with E-state index >= 15 is 0 Å². The molecule has 6 rings (SSSR count). The van der Waals surface area contributed by atoms with Gasteiger partial charge < -0.3 is 19.4 Å². The summed E-state index contributed by atoms with van der Waals surface area (Å²) in [5, 5.41) is 5.44. The molecule has 11 nitrogen and oxygen atoms in total. The van der Waals surface area contributed by atoms with Crippen LogP contribution in [0.3, 0.4) is 0 Å². The molecule has 2 amide bonds. The van der Waals surface area contributed by atoms with Gasteiger partial charge in [-0.2, -0.15) is 5.10 Å². The van der Waals surface area contributed by atoms with Crippen LogP contribution in [0.15, 0.2) is 53.6 Å². The van der Waals surface area contributed by atoms with Gasteiger partial charge >= 0.3 is 6.09 Å². The second kappa shape index (κ2) is 12.2. The fourth-order valence-electron chi connectivity index (χ4n) is 6.26. The van der Waals surface area contributed by atoms with E-state index in [1.807, 2.05) is 56.0 Å². The molecule has 2 aliphatic heterocycles. The number of likely N-dealkylation sites (tertiary alicyclic amines) is 1. The van der Waals surface area contributed by atoms with Gasteiger partial charge in [0.1, 0.15) is 13.3 Å². The SMILES string of the molecule is CC(C)C(=O)N1CCN(c2cc(S(=O)(=O)NC3(C)CC3)cc3c2cnn3[C@@H]2C[C@H](CF)N(C(=O)OCc3ccccc3)C2)CC1. The number of aromatic nitrogens is 2. The lowest BCUT2D eigenvalue weighted by atomic mass is 10.1. The Bertz CT molecular complexity index is 1670. The summed E-state index contributed by atoms with van der Waals surface area (Å²) in [6, 6.07) is 11.5. The first-order valence-electron chi connectivity index (χ1n) is 15.6. The van der Waals surface area contributed by atoms with Crippen molar-refractivity contribution in [3.05, 3.63) is 54.2 Å². The molecule has 0 bridgehead atoms. The molecule has 1 saturated carbocycles. The second-order valence-electron chi connectivity index (χ2n) is 13.0. The molecule has 1 aliphatic carbocycles. The van der Waals surface area contributed by atoms with Crippen LogP contribution in [0.2, 0.25) is 0 Å². The van der Waals surface area contributed by atoms with E-state index in [2.05, 4.69) is 14.7 Å². The molecule has 45 heavy (non-hydrogen) atoms. The van der Waals surface area contributed by atoms with Crippen LogP contribution in [0, 0.1) is 5.92 Å². The van der Waals surface area contributed by atoms with Crippen molar-refractivity contribution in [2.24, 2.45) is 5.92 Å². The molecule has 0 spiro atoms. The molecule has 0 unspecified atom stereocenters. The molecule has 2 aromatic carbocycles. The summed E-state index contributed by atoms with van der Waals surface area (Å²) in [6.07, 6.45) is 2.97. The smallest absolute Gasteiger partial charge is 0.410 e. The van der Waals surface area contributed by atoms with Gasteiger partial charge in [-0.15, -0.1) is 0 Å². The van der Waals surface area contributed by atoms with E-state index < -0.39 is 34.4 Å². The Morgan fingerprint density at radius 2 is 1.82 bits per heavy atom. The fourth-order valence-corrected chi connectivity index (χ4v) is 7.76. The van der Waals surface area contributed by atoms with Crippen molar-refractivity contribution in [1.82, 2.24) is 24.3 Å². The molecule has 1 aromatic heterocycles. The van der Waals surface area contributed by atoms with Gasteiger partial charge in [0.25, 0.3) is 0 Å². The van der Waals surface area contributed by atoms with Crippen LogP contribution in [0.4, 0.5) is 14.9 Å². The van der Waals surface area contributed by atoms with E-state index in [1.165, 1.54) is 4.90 Å². The minimum absolute atomic E-state index is 0.0804. The molecule has 3 aromatic rings. The van der Waals surface area contributed by atoms with Crippen LogP contribution in [0.5, 0.6) is 0 Å². The lowest BCUT2D eigenvalue weighted by molar-refractivity contribution is -0.134. The number of piperazine rings is 1. The molecule has 0 radical (unpaired) electrons. The molecule has 3 heterocycles. The highest BCUT2D eigenvalue weighted by atomic mass is 32.2. The first-order chi connectivity index (χ1) is 21.5. The minimum Gasteiger partial charge on any atom is -0.445 e. The molecule has 2 saturated heterocycles. The number of sulfonamides is 1. The highest BCUT2D eigenvalue weighted by Crippen LogP contribution is 2.39. The number of nitrogens with one attached hydrogen (secondary N) is 1. The number of carbonyl (C=O) groups excluding carboxylic acids is 2. The Balaban J connectivity index is 1.30. The normalized spacial score (nSPS) is 21.5. The standard InChI is InChI=1S/C32H41FN6O5S/c1-22(2)30(40)37-13-11-36(12-14-37)28-16-26(45(42,43)35-32(3)9-10-32)17-29-27(28)19-34-39(29)25-15-24(18-33)38(20-25)31(41)44-21-23-7-5-4-6-8-23/h4-8,16-17,19,22,24-25,35H,9-15,18,20-21H2,1-3H3/t24-,25-/m1/s1. The van der Waals surface area contributed by atoms with Crippen molar-refractivity contribution in [2.75, 3.05) is 44.3 Å². The number of amides is 2. The lowest BCUT2D eigenvalue weighted by Crippen LogP contribution is -2.50. The van der Waals surface area contributed by atoms with E-state index in [-0.39, 0.29) is 35.9 Å². The Morgan fingerprint density at radius 3 is 2.47 bits per heavy atom. The molecular weight excluding hydrogens is 599 g/mol. The molecule has 13 heteroatoms. The van der Waals surface area contributed by atoms with Crippen LogP contribution < -0.4 is 9.62 Å². The zero-order chi connectivity index (χ0) is 31.9. The van der Waals surface area contributed by atoms with E-state index in [4.69, 9.17) is 4.74 Å². The summed E-state index contributed by atoms with van der Waals surface area (Å²) in [5.74, 6) is 0.000823. The molecule has 2 atom stereocenters. The predicted octanol–water partition coefficient (Wildman–Crippen LogP) is 4.09. The predicted molar refractivity (Wildman–Crippen MR) is 168 cm³/mol. The van der Waals surface area contributed by atoms with Crippen molar-refractivity contribution in [3.8, 4) is 0 Å². The number of carbonyl (C=O) groups is 2. The van der Waals surface area contributed by atoms with Gasteiger partial charge in [-0.05, 0) is 43.9 Å². The largest absolute Gasteiger partial charge is 0.445 e. The van der Waals surface area contributed by atoms with Crippen molar-refractivity contribution in [1.29, 1.82) is 0 Å². The van der Waals surface area contributed by atoms with Gasteiger partial charge in [0.2, 0.25) is 15.9 Å². The molecular formula is C32H41FN6O5S. The maximum atomic E-state index is 14.2. The van der Waals surface area contributed by atoms with Gasteiger partial charge in [0.15, 0.2) is 0 Å². The summed E-state index contributed by atoms with van der Waals surface area (Å²) in [7, 11) is -3.86. The number of rotatable bonds is 9. The summed E-state index contributed by atoms with van der Waals surface area (Å²) >= 11 is 0. The lowest BCUT2D eigenvalue weighted by Gasteiger charge is -2.37. The molecule has 242 valence electrons. The number of anilines is 1. The number of fused-ring (bicyclic) bond motifs is 1. The number of benzene rings is 2. The Morgan fingerprint density at radius 1 is 1.11 bits per heavy atom. The first-order valence-corrected chi connectivity index (χ1v) is 17.1. The van der Waals surface area contributed by atoms with Gasteiger partial charge in [0, 0.05) is 55.3 Å². The highest BCUT2D eigenvalue weighted by Gasteiger charge is 2.42. The summed E-state index contributed by atoms with van der Waals surface area (Å²) in [5.41, 5.74) is 1.69. The van der Waals surface area contributed by atoms with E-state index in [1.54, 1.807) is 23.0 Å². The third kappa shape index (κ3) is 6.51. The Kier molecular flexibility index (Phi) is 8.51. The molecule has 1 N–H and O–H groups in total. The third-order valence-electron chi connectivity index (χ3n) is 9.14. The number of hydrogen-bond donors (Lipinski definition) is 1. The maximum Gasteiger partial charge on any atom is 0.410 e. The number of ether oxygens (including phenoxy) is 1. The summed E-state index contributed by atoms with van der Waals surface area (Å²) in [4.78, 5) is 31.1. The topological polar surface area (TPSA) is 117 Å². The average molecular weight is 641 g/mol. The van der Waals surface area contributed by atoms with Crippen LogP contribution in [-0.2, 0) is 26.2 Å². The van der Waals surface area contributed by atoms with E-state index in [9.17, 15) is 22.4 Å². The van der Waals surface area contributed by atoms with Crippen LogP contribution >= 0.6 is 0 Å². The Labute approximate surface area is 263 Å². The van der Waals surface area contributed by atoms with Gasteiger partial charge in [-0.3, -0.25) is 9.48 Å².